The second-order valence-electron chi connectivity index (χ2n) is 6.46. The minimum absolute atomic E-state index is 0.106. The first kappa shape index (κ1) is 15.7. The van der Waals surface area contributed by atoms with Crippen molar-refractivity contribution >= 4 is 5.91 Å². The van der Waals surface area contributed by atoms with Gasteiger partial charge in [-0.1, -0.05) is 12.8 Å². The van der Waals surface area contributed by atoms with Crippen LogP contribution in [0.1, 0.15) is 73.5 Å². The number of amides is 1. The van der Waals surface area contributed by atoms with Gasteiger partial charge < -0.3 is 9.88 Å². The Morgan fingerprint density at radius 2 is 2.13 bits per heavy atom. The molecule has 1 aliphatic carbocycles. The lowest BCUT2D eigenvalue weighted by atomic mass is 10.2. The Balaban J connectivity index is 1.68. The van der Waals surface area contributed by atoms with Gasteiger partial charge in [-0.05, 0) is 33.6 Å². The van der Waals surface area contributed by atoms with Gasteiger partial charge in [-0.2, -0.15) is 5.10 Å². The molecule has 1 saturated carbocycles. The lowest BCUT2D eigenvalue weighted by molar-refractivity contribution is 0.0948. The maximum atomic E-state index is 12.4. The van der Waals surface area contributed by atoms with Crippen molar-refractivity contribution in [3.05, 3.63) is 29.6 Å². The van der Waals surface area contributed by atoms with Crippen LogP contribution in [0.15, 0.2) is 12.5 Å². The van der Waals surface area contributed by atoms with Crippen LogP contribution in [-0.2, 0) is 6.54 Å². The SMILES string of the molecule is Cc1c(C(=O)NCc2nncn2C(C)C)cnn1C1CCCC1. The van der Waals surface area contributed by atoms with Crippen molar-refractivity contribution in [2.24, 2.45) is 0 Å². The van der Waals surface area contributed by atoms with Gasteiger partial charge in [0, 0.05) is 11.7 Å². The largest absolute Gasteiger partial charge is 0.345 e. The van der Waals surface area contributed by atoms with E-state index in [4.69, 9.17) is 0 Å². The summed E-state index contributed by atoms with van der Waals surface area (Å²) < 4.78 is 3.97. The monoisotopic (exact) mass is 316 g/mol. The summed E-state index contributed by atoms with van der Waals surface area (Å²) in [7, 11) is 0. The third-order valence-corrected chi connectivity index (χ3v) is 4.57. The van der Waals surface area contributed by atoms with Gasteiger partial charge in [-0.25, -0.2) is 0 Å². The number of hydrogen-bond acceptors (Lipinski definition) is 4. The van der Waals surface area contributed by atoms with Crippen molar-refractivity contribution in [3.63, 3.8) is 0 Å². The summed E-state index contributed by atoms with van der Waals surface area (Å²) in [6.45, 7) is 6.46. The summed E-state index contributed by atoms with van der Waals surface area (Å²) >= 11 is 0. The first-order valence-electron chi connectivity index (χ1n) is 8.28. The van der Waals surface area contributed by atoms with Crippen LogP contribution in [0, 0.1) is 6.92 Å². The average molecular weight is 316 g/mol. The third-order valence-electron chi connectivity index (χ3n) is 4.57. The zero-order valence-corrected chi connectivity index (χ0v) is 14.0. The number of rotatable bonds is 5. The fourth-order valence-electron chi connectivity index (χ4n) is 3.24. The standard InChI is InChI=1S/C16H24N6O/c1-11(2)21-10-18-20-15(21)9-17-16(23)14-8-19-22(12(14)3)13-6-4-5-7-13/h8,10-11,13H,4-7,9H2,1-3H3,(H,17,23). The minimum Gasteiger partial charge on any atom is -0.345 e. The van der Waals surface area contributed by atoms with Crippen molar-refractivity contribution in [1.82, 2.24) is 29.9 Å². The normalized spacial score (nSPS) is 15.5. The van der Waals surface area contributed by atoms with E-state index < -0.39 is 0 Å². The van der Waals surface area contributed by atoms with Crippen LogP contribution >= 0.6 is 0 Å². The first-order valence-corrected chi connectivity index (χ1v) is 8.28. The first-order chi connectivity index (χ1) is 11.1. The second-order valence-corrected chi connectivity index (χ2v) is 6.46. The van der Waals surface area contributed by atoms with Gasteiger partial charge >= 0.3 is 0 Å². The lowest BCUT2D eigenvalue weighted by Gasteiger charge is -2.13. The molecule has 0 aliphatic heterocycles. The molecule has 1 amide bonds. The number of hydrogen-bond donors (Lipinski definition) is 1. The summed E-state index contributed by atoms with van der Waals surface area (Å²) in [5.41, 5.74) is 1.59. The van der Waals surface area contributed by atoms with E-state index in [0.29, 0.717) is 18.2 Å². The van der Waals surface area contributed by atoms with Crippen molar-refractivity contribution < 1.29 is 4.79 Å². The Hall–Kier alpha value is -2.18. The predicted molar refractivity (Wildman–Crippen MR) is 86.0 cm³/mol. The molecular weight excluding hydrogens is 292 g/mol. The van der Waals surface area contributed by atoms with E-state index in [9.17, 15) is 4.79 Å². The molecule has 2 aromatic rings. The Labute approximate surface area is 136 Å². The summed E-state index contributed by atoms with van der Waals surface area (Å²) in [5.74, 6) is 0.652. The Kier molecular flexibility index (Phi) is 4.45. The quantitative estimate of drug-likeness (QED) is 0.919. The Morgan fingerprint density at radius 3 is 2.83 bits per heavy atom. The van der Waals surface area contributed by atoms with Crippen molar-refractivity contribution in [2.45, 2.75) is 65.1 Å². The maximum Gasteiger partial charge on any atom is 0.255 e. The molecule has 2 heterocycles. The van der Waals surface area contributed by atoms with E-state index in [0.717, 1.165) is 24.4 Å². The third kappa shape index (κ3) is 3.13. The molecular formula is C16H24N6O. The van der Waals surface area contributed by atoms with Crippen LogP contribution in [0.5, 0.6) is 0 Å². The number of nitrogens with zero attached hydrogens (tertiary/aromatic N) is 5. The summed E-state index contributed by atoms with van der Waals surface area (Å²) in [4.78, 5) is 12.4. The topological polar surface area (TPSA) is 77.6 Å². The lowest BCUT2D eigenvalue weighted by Crippen LogP contribution is -2.25. The van der Waals surface area contributed by atoms with Gasteiger partial charge in [0.2, 0.25) is 0 Å². The molecule has 124 valence electrons. The van der Waals surface area contributed by atoms with Gasteiger partial charge in [0.05, 0.1) is 24.3 Å². The second kappa shape index (κ2) is 6.52. The number of carbonyl (C=O) groups excluding carboxylic acids is 1. The average Bonchev–Trinajstić information content (AvgIpc) is 3.24. The molecule has 0 spiro atoms. The maximum absolute atomic E-state index is 12.4. The zero-order chi connectivity index (χ0) is 16.4. The van der Waals surface area contributed by atoms with Gasteiger partial charge in [0.15, 0.2) is 5.82 Å². The molecule has 1 N–H and O–H groups in total. The van der Waals surface area contributed by atoms with E-state index >= 15 is 0 Å². The van der Waals surface area contributed by atoms with Gasteiger partial charge in [-0.15, -0.1) is 10.2 Å². The number of aromatic nitrogens is 5. The molecule has 0 bridgehead atoms. The zero-order valence-electron chi connectivity index (χ0n) is 14.0. The van der Waals surface area contributed by atoms with Gasteiger partial charge in [0.1, 0.15) is 6.33 Å². The number of nitrogens with one attached hydrogen (secondary N) is 1. The van der Waals surface area contributed by atoms with E-state index in [1.165, 1.54) is 12.8 Å². The molecule has 2 aromatic heterocycles. The van der Waals surface area contributed by atoms with E-state index in [1.807, 2.05) is 16.2 Å². The number of carbonyl (C=O) groups is 1. The smallest absolute Gasteiger partial charge is 0.255 e. The molecule has 1 aliphatic rings. The highest BCUT2D eigenvalue weighted by atomic mass is 16.1. The molecule has 7 heteroatoms. The molecule has 7 nitrogen and oxygen atoms in total. The molecule has 3 rings (SSSR count). The molecule has 23 heavy (non-hydrogen) atoms. The van der Waals surface area contributed by atoms with Crippen LogP contribution in [0.25, 0.3) is 0 Å². The van der Waals surface area contributed by atoms with Crippen molar-refractivity contribution in [2.75, 3.05) is 0 Å². The molecule has 0 unspecified atom stereocenters. The summed E-state index contributed by atoms with van der Waals surface area (Å²) in [6, 6.07) is 0.712. The molecule has 0 saturated heterocycles. The van der Waals surface area contributed by atoms with E-state index in [1.54, 1.807) is 12.5 Å². The highest BCUT2D eigenvalue weighted by molar-refractivity contribution is 5.94. The van der Waals surface area contributed by atoms with Crippen molar-refractivity contribution in [3.8, 4) is 0 Å². The van der Waals surface area contributed by atoms with Crippen LogP contribution in [-0.4, -0.2) is 30.5 Å². The Morgan fingerprint density at radius 1 is 1.39 bits per heavy atom. The van der Waals surface area contributed by atoms with E-state index in [2.05, 4.69) is 34.5 Å². The highest BCUT2D eigenvalue weighted by Crippen LogP contribution is 2.30. The Bertz CT molecular complexity index is 681. The van der Waals surface area contributed by atoms with Crippen LogP contribution in [0.2, 0.25) is 0 Å². The minimum atomic E-state index is -0.106. The molecule has 0 aromatic carbocycles. The van der Waals surface area contributed by atoms with Gasteiger partial charge in [-0.3, -0.25) is 9.48 Å². The van der Waals surface area contributed by atoms with Crippen molar-refractivity contribution in [1.29, 1.82) is 0 Å². The van der Waals surface area contributed by atoms with Crippen LogP contribution < -0.4 is 5.32 Å². The molecule has 1 fully saturated rings. The van der Waals surface area contributed by atoms with E-state index in [-0.39, 0.29) is 11.9 Å². The predicted octanol–water partition coefficient (Wildman–Crippen LogP) is 2.41. The molecule has 0 radical (unpaired) electrons. The van der Waals surface area contributed by atoms with Gasteiger partial charge in [0.25, 0.3) is 5.91 Å². The molecule has 0 atom stereocenters. The summed E-state index contributed by atoms with van der Waals surface area (Å²) in [6.07, 6.45) is 8.17. The van der Waals surface area contributed by atoms with Crippen LogP contribution in [0.3, 0.4) is 0 Å². The fraction of sp³-hybridized carbons (Fsp3) is 0.625. The summed E-state index contributed by atoms with van der Waals surface area (Å²) in [5, 5.41) is 15.3. The highest BCUT2D eigenvalue weighted by Gasteiger charge is 2.22. The fourth-order valence-corrected chi connectivity index (χ4v) is 3.24. The van der Waals surface area contributed by atoms with Crippen LogP contribution in [0.4, 0.5) is 0 Å².